The van der Waals surface area contributed by atoms with Crippen LogP contribution in [0.2, 0.25) is 0 Å². The van der Waals surface area contributed by atoms with Crippen LogP contribution in [-0.2, 0) is 23.9 Å². The van der Waals surface area contributed by atoms with Crippen molar-refractivity contribution in [2.75, 3.05) is 36.5 Å². The summed E-state index contributed by atoms with van der Waals surface area (Å²) in [6, 6.07) is -0.0156. The minimum Gasteiger partial charge on any atom is -0.469 e. The lowest BCUT2D eigenvalue weighted by molar-refractivity contribution is -0.142. The van der Waals surface area contributed by atoms with Crippen molar-refractivity contribution in [1.29, 1.82) is 0 Å². The van der Waals surface area contributed by atoms with Crippen molar-refractivity contribution in [1.82, 2.24) is 24.7 Å². The lowest BCUT2D eigenvalue weighted by Gasteiger charge is -2.27. The monoisotopic (exact) mass is 425 g/mol. The van der Waals surface area contributed by atoms with Crippen LogP contribution in [0.15, 0.2) is 6.20 Å². The fraction of sp³-hybridized carbons (Fsp3) is 0.667. The summed E-state index contributed by atoms with van der Waals surface area (Å²) in [5.41, 5.74) is -0.983. The van der Waals surface area contributed by atoms with Gasteiger partial charge in [-0.05, 0) is 19.3 Å². The molecule has 162 valence electrons. The van der Waals surface area contributed by atoms with Gasteiger partial charge in [0.25, 0.3) is 0 Å². The Bertz CT molecular complexity index is 916. The molecule has 0 amide bonds. The van der Waals surface area contributed by atoms with Gasteiger partial charge in [-0.15, -0.1) is 10.2 Å². The smallest absolute Gasteiger partial charge is 0.423 e. The van der Waals surface area contributed by atoms with E-state index in [4.69, 9.17) is 9.47 Å². The average molecular weight is 425 g/mol. The van der Waals surface area contributed by atoms with Crippen molar-refractivity contribution in [3.63, 3.8) is 0 Å². The van der Waals surface area contributed by atoms with E-state index in [1.54, 1.807) is 0 Å². The zero-order valence-electron chi connectivity index (χ0n) is 16.2. The number of halogens is 3. The Morgan fingerprint density at radius 1 is 1.17 bits per heavy atom. The van der Waals surface area contributed by atoms with Gasteiger partial charge in [0.15, 0.2) is 0 Å². The van der Waals surface area contributed by atoms with Gasteiger partial charge in [-0.1, -0.05) is 0 Å². The Morgan fingerprint density at radius 2 is 2.03 bits per heavy atom. The maximum atomic E-state index is 13.3. The molecule has 1 atom stereocenters. The molecule has 5 rings (SSSR count). The summed E-state index contributed by atoms with van der Waals surface area (Å²) in [7, 11) is 0. The summed E-state index contributed by atoms with van der Waals surface area (Å²) in [6.07, 6.45) is -0.265. The highest BCUT2D eigenvalue weighted by Gasteiger charge is 2.38. The van der Waals surface area contributed by atoms with Crippen LogP contribution in [0.25, 0.3) is 0 Å². The number of aromatic nitrogens is 5. The maximum absolute atomic E-state index is 13.3. The van der Waals surface area contributed by atoms with Crippen molar-refractivity contribution >= 4 is 11.9 Å². The highest BCUT2D eigenvalue weighted by molar-refractivity contribution is 5.39. The molecule has 0 saturated carbocycles. The number of nitrogens with zero attached hydrogens (tertiary/aromatic N) is 6. The number of fused-ring (bicyclic) bond motifs is 1. The van der Waals surface area contributed by atoms with Crippen LogP contribution in [0.3, 0.4) is 0 Å². The van der Waals surface area contributed by atoms with Gasteiger partial charge in [-0.3, -0.25) is 4.57 Å². The van der Waals surface area contributed by atoms with Crippen LogP contribution < -0.4 is 15.0 Å². The summed E-state index contributed by atoms with van der Waals surface area (Å²) in [5, 5.41) is 11.8. The minimum atomic E-state index is -4.59. The zero-order chi connectivity index (χ0) is 20.7. The third-order valence-electron chi connectivity index (χ3n) is 5.59. The van der Waals surface area contributed by atoms with E-state index in [9.17, 15) is 13.2 Å². The molecule has 2 aromatic rings. The third kappa shape index (κ3) is 3.75. The fourth-order valence-corrected chi connectivity index (χ4v) is 3.93. The van der Waals surface area contributed by atoms with Gasteiger partial charge in [0, 0.05) is 38.3 Å². The van der Waals surface area contributed by atoms with E-state index in [2.05, 4.69) is 34.9 Å². The number of ether oxygens (including phenoxy) is 2. The number of hydrogen-bond donors (Lipinski definition) is 1. The number of aryl methyl sites for hydroxylation is 1. The molecule has 12 heteroatoms. The van der Waals surface area contributed by atoms with Crippen molar-refractivity contribution in [3.05, 3.63) is 17.6 Å². The lowest BCUT2D eigenvalue weighted by atomic mass is 10.2. The fourth-order valence-electron chi connectivity index (χ4n) is 3.93. The molecule has 3 aliphatic heterocycles. The van der Waals surface area contributed by atoms with Gasteiger partial charge in [-0.25, -0.2) is 4.98 Å². The molecule has 1 N–H and O–H groups in total. The van der Waals surface area contributed by atoms with Gasteiger partial charge in [0.2, 0.25) is 17.8 Å². The predicted octanol–water partition coefficient (Wildman–Crippen LogP) is 1.89. The first-order chi connectivity index (χ1) is 14.5. The summed E-state index contributed by atoms with van der Waals surface area (Å²) >= 11 is 0. The minimum absolute atomic E-state index is 0.0156. The van der Waals surface area contributed by atoms with Crippen molar-refractivity contribution in [2.24, 2.45) is 0 Å². The summed E-state index contributed by atoms with van der Waals surface area (Å²) < 4.78 is 52.3. The highest BCUT2D eigenvalue weighted by atomic mass is 19.4. The Kier molecular flexibility index (Phi) is 4.88. The summed E-state index contributed by atoms with van der Waals surface area (Å²) in [5.74, 6) is 1.53. The molecule has 5 heterocycles. The first kappa shape index (κ1) is 19.3. The first-order valence-corrected chi connectivity index (χ1v) is 10.1. The van der Waals surface area contributed by atoms with Gasteiger partial charge in [-0.2, -0.15) is 18.2 Å². The molecule has 2 saturated heterocycles. The second-order valence-corrected chi connectivity index (χ2v) is 7.79. The standard InChI is InChI=1S/C18H22F3N7O2/c19-18(20,21)13-7-22-16(24-15(13)30-12-9-29-10-12)23-11-4-6-27(8-11)17-26-25-14-3-1-2-5-28(14)17/h7,11-12H,1-6,8-10H2,(H,22,23,24)/t11-/m1/s1. The van der Waals surface area contributed by atoms with Crippen LogP contribution in [0.1, 0.15) is 30.7 Å². The third-order valence-corrected chi connectivity index (χ3v) is 5.59. The van der Waals surface area contributed by atoms with Crippen LogP contribution in [0.4, 0.5) is 25.1 Å². The molecule has 0 bridgehead atoms. The Balaban J connectivity index is 1.29. The normalized spacial score (nSPS) is 22.0. The summed E-state index contributed by atoms with van der Waals surface area (Å²) in [6.45, 7) is 2.85. The van der Waals surface area contributed by atoms with E-state index in [0.717, 1.165) is 56.7 Å². The van der Waals surface area contributed by atoms with Gasteiger partial charge in [0.05, 0.1) is 13.2 Å². The molecule has 0 radical (unpaired) electrons. The highest BCUT2D eigenvalue weighted by Crippen LogP contribution is 2.36. The zero-order valence-corrected chi connectivity index (χ0v) is 16.2. The average Bonchev–Trinajstić information content (AvgIpc) is 3.30. The lowest BCUT2D eigenvalue weighted by Crippen LogP contribution is -2.39. The van der Waals surface area contributed by atoms with Crippen molar-refractivity contribution < 1.29 is 22.6 Å². The molecule has 2 aromatic heterocycles. The van der Waals surface area contributed by atoms with E-state index < -0.39 is 23.7 Å². The Hall–Kier alpha value is -2.63. The van der Waals surface area contributed by atoms with Gasteiger partial charge >= 0.3 is 6.18 Å². The molecular weight excluding hydrogens is 403 g/mol. The van der Waals surface area contributed by atoms with Gasteiger partial charge in [0.1, 0.15) is 17.5 Å². The molecule has 2 fully saturated rings. The van der Waals surface area contributed by atoms with Crippen LogP contribution in [0, 0.1) is 0 Å². The van der Waals surface area contributed by atoms with Crippen molar-refractivity contribution in [3.8, 4) is 5.88 Å². The Morgan fingerprint density at radius 3 is 2.80 bits per heavy atom. The molecule has 0 aliphatic carbocycles. The Labute approximate surface area is 170 Å². The maximum Gasteiger partial charge on any atom is 0.423 e. The number of alkyl halides is 3. The number of hydrogen-bond acceptors (Lipinski definition) is 8. The molecule has 9 nitrogen and oxygen atoms in total. The molecular formula is C18H22F3N7O2. The number of rotatable bonds is 5. The summed E-state index contributed by atoms with van der Waals surface area (Å²) in [4.78, 5) is 10.0. The quantitative estimate of drug-likeness (QED) is 0.777. The van der Waals surface area contributed by atoms with Crippen LogP contribution in [-0.4, -0.2) is 63.2 Å². The number of nitrogens with one attached hydrogen (secondary N) is 1. The molecule has 0 aromatic carbocycles. The van der Waals surface area contributed by atoms with E-state index in [1.807, 2.05) is 0 Å². The molecule has 0 spiro atoms. The largest absolute Gasteiger partial charge is 0.469 e. The van der Waals surface area contributed by atoms with Crippen LogP contribution in [0.5, 0.6) is 5.88 Å². The van der Waals surface area contributed by atoms with E-state index >= 15 is 0 Å². The predicted molar refractivity (Wildman–Crippen MR) is 99.5 cm³/mol. The van der Waals surface area contributed by atoms with Gasteiger partial charge < -0.3 is 19.7 Å². The number of anilines is 2. The second kappa shape index (κ2) is 7.56. The SMILES string of the molecule is FC(F)(F)c1cnc(N[C@@H]2CCN(c3nnc4n3CCCC4)C2)nc1OC1COC1. The topological polar surface area (TPSA) is 90.2 Å². The van der Waals surface area contributed by atoms with Crippen LogP contribution >= 0.6 is 0 Å². The van der Waals surface area contributed by atoms with E-state index in [-0.39, 0.29) is 25.2 Å². The molecule has 3 aliphatic rings. The van der Waals surface area contributed by atoms with E-state index in [1.165, 1.54) is 0 Å². The van der Waals surface area contributed by atoms with E-state index in [0.29, 0.717) is 6.54 Å². The molecule has 0 unspecified atom stereocenters. The van der Waals surface area contributed by atoms with Crippen molar-refractivity contribution in [2.45, 2.75) is 50.6 Å². The first-order valence-electron chi connectivity index (χ1n) is 10.1. The molecule has 30 heavy (non-hydrogen) atoms. The second-order valence-electron chi connectivity index (χ2n) is 7.79.